The average molecular weight is 354 g/mol. The molecule has 1 aromatic heterocycles. The highest BCUT2D eigenvalue weighted by Gasteiger charge is 2.18. The molecule has 0 saturated heterocycles. The van der Waals surface area contributed by atoms with Gasteiger partial charge in [-0.1, -0.05) is 30.3 Å². The van der Waals surface area contributed by atoms with Gasteiger partial charge < -0.3 is 16.4 Å². The van der Waals surface area contributed by atoms with E-state index in [2.05, 4.69) is 15.6 Å². The number of nitrogens with two attached hydrogens (primary N) is 1. The van der Waals surface area contributed by atoms with E-state index >= 15 is 0 Å². The summed E-state index contributed by atoms with van der Waals surface area (Å²) in [7, 11) is 0. The van der Waals surface area contributed by atoms with Gasteiger partial charge in [-0.3, -0.25) is 14.6 Å². The summed E-state index contributed by atoms with van der Waals surface area (Å²) in [4.78, 5) is 27.6. The molecule has 2 rings (SSSR count). The van der Waals surface area contributed by atoms with E-state index in [0.717, 1.165) is 31.5 Å². The second kappa shape index (κ2) is 11.0. The number of benzene rings is 1. The number of nitrogens with zero attached hydrogens (tertiary/aromatic N) is 1. The van der Waals surface area contributed by atoms with Crippen molar-refractivity contribution in [3.8, 4) is 0 Å². The third-order valence-electron chi connectivity index (χ3n) is 4.05. The van der Waals surface area contributed by atoms with E-state index in [1.807, 2.05) is 42.5 Å². The SMILES string of the molecule is NC(=O)[C@H](Cc1ccccc1)NC(=O)CCCCNCc1ccncc1. The molecule has 6 nitrogen and oxygen atoms in total. The highest BCUT2D eigenvalue weighted by atomic mass is 16.2. The molecule has 0 unspecified atom stereocenters. The van der Waals surface area contributed by atoms with Gasteiger partial charge in [0.15, 0.2) is 0 Å². The Morgan fingerprint density at radius 3 is 2.42 bits per heavy atom. The predicted octanol–water partition coefficient (Wildman–Crippen LogP) is 1.55. The van der Waals surface area contributed by atoms with E-state index in [9.17, 15) is 9.59 Å². The van der Waals surface area contributed by atoms with E-state index in [4.69, 9.17) is 5.73 Å². The Morgan fingerprint density at radius 2 is 1.73 bits per heavy atom. The smallest absolute Gasteiger partial charge is 0.240 e. The molecule has 4 N–H and O–H groups in total. The van der Waals surface area contributed by atoms with Crippen LogP contribution >= 0.6 is 0 Å². The highest BCUT2D eigenvalue weighted by Crippen LogP contribution is 2.04. The monoisotopic (exact) mass is 354 g/mol. The molecule has 0 spiro atoms. The summed E-state index contributed by atoms with van der Waals surface area (Å²) in [5, 5.41) is 6.07. The van der Waals surface area contributed by atoms with Crippen molar-refractivity contribution in [1.29, 1.82) is 0 Å². The van der Waals surface area contributed by atoms with E-state index in [1.54, 1.807) is 12.4 Å². The quantitative estimate of drug-likeness (QED) is 0.533. The van der Waals surface area contributed by atoms with Crippen molar-refractivity contribution < 1.29 is 9.59 Å². The topological polar surface area (TPSA) is 97.1 Å². The zero-order chi connectivity index (χ0) is 18.6. The number of aromatic nitrogens is 1. The number of primary amides is 1. The van der Waals surface area contributed by atoms with Gasteiger partial charge in [0.2, 0.25) is 11.8 Å². The lowest BCUT2D eigenvalue weighted by Gasteiger charge is -2.15. The molecule has 0 fully saturated rings. The van der Waals surface area contributed by atoms with Gasteiger partial charge in [0.1, 0.15) is 6.04 Å². The van der Waals surface area contributed by atoms with Crippen LogP contribution in [-0.2, 0) is 22.6 Å². The fourth-order valence-electron chi connectivity index (χ4n) is 2.61. The van der Waals surface area contributed by atoms with Crippen LogP contribution in [0.2, 0.25) is 0 Å². The van der Waals surface area contributed by atoms with Gasteiger partial charge in [-0.25, -0.2) is 0 Å². The first-order valence-corrected chi connectivity index (χ1v) is 8.87. The van der Waals surface area contributed by atoms with Crippen molar-refractivity contribution in [3.05, 3.63) is 66.0 Å². The van der Waals surface area contributed by atoms with Gasteiger partial charge in [-0.05, 0) is 42.6 Å². The Labute approximate surface area is 154 Å². The maximum absolute atomic E-state index is 12.1. The number of nitrogens with one attached hydrogen (secondary N) is 2. The zero-order valence-corrected chi connectivity index (χ0v) is 14.9. The maximum Gasteiger partial charge on any atom is 0.240 e. The summed E-state index contributed by atoms with van der Waals surface area (Å²) in [6, 6.07) is 12.8. The maximum atomic E-state index is 12.1. The minimum Gasteiger partial charge on any atom is -0.368 e. The first-order valence-electron chi connectivity index (χ1n) is 8.87. The number of carbonyl (C=O) groups excluding carboxylic acids is 2. The molecule has 0 saturated carbocycles. The molecule has 138 valence electrons. The Balaban J connectivity index is 1.62. The van der Waals surface area contributed by atoms with Gasteiger partial charge >= 0.3 is 0 Å². The fourth-order valence-corrected chi connectivity index (χ4v) is 2.61. The normalized spacial score (nSPS) is 11.7. The molecular weight excluding hydrogens is 328 g/mol. The van der Waals surface area contributed by atoms with Crippen LogP contribution in [0.15, 0.2) is 54.9 Å². The number of hydrogen-bond acceptors (Lipinski definition) is 4. The van der Waals surface area contributed by atoms with Crippen molar-refractivity contribution in [2.75, 3.05) is 6.54 Å². The number of carbonyl (C=O) groups is 2. The molecule has 0 bridgehead atoms. The Morgan fingerprint density at radius 1 is 1.00 bits per heavy atom. The third-order valence-corrected chi connectivity index (χ3v) is 4.05. The van der Waals surface area contributed by atoms with Crippen molar-refractivity contribution >= 4 is 11.8 Å². The van der Waals surface area contributed by atoms with E-state index < -0.39 is 11.9 Å². The van der Waals surface area contributed by atoms with Crippen molar-refractivity contribution in [2.45, 2.75) is 38.3 Å². The molecular formula is C20H26N4O2. The summed E-state index contributed by atoms with van der Waals surface area (Å²) >= 11 is 0. The van der Waals surface area contributed by atoms with Crippen LogP contribution in [0.1, 0.15) is 30.4 Å². The van der Waals surface area contributed by atoms with E-state index in [0.29, 0.717) is 12.8 Å². The van der Waals surface area contributed by atoms with Crippen molar-refractivity contribution in [3.63, 3.8) is 0 Å². The summed E-state index contributed by atoms with van der Waals surface area (Å²) in [6.07, 6.45) is 5.98. The molecule has 2 aromatic rings. The summed E-state index contributed by atoms with van der Waals surface area (Å²) in [5.41, 5.74) is 7.57. The van der Waals surface area contributed by atoms with Crippen LogP contribution in [0.3, 0.4) is 0 Å². The average Bonchev–Trinajstić information content (AvgIpc) is 2.65. The Hall–Kier alpha value is -2.73. The molecule has 0 aliphatic carbocycles. The Kier molecular flexibility index (Phi) is 8.29. The lowest BCUT2D eigenvalue weighted by Crippen LogP contribution is -2.45. The predicted molar refractivity (Wildman–Crippen MR) is 101 cm³/mol. The number of hydrogen-bond donors (Lipinski definition) is 3. The van der Waals surface area contributed by atoms with Gasteiger partial charge in [0.25, 0.3) is 0 Å². The molecule has 0 radical (unpaired) electrons. The number of rotatable bonds is 11. The first-order chi connectivity index (χ1) is 12.6. The fraction of sp³-hybridized carbons (Fsp3) is 0.350. The van der Waals surface area contributed by atoms with Gasteiger partial charge in [-0.2, -0.15) is 0 Å². The zero-order valence-electron chi connectivity index (χ0n) is 14.9. The molecule has 1 atom stereocenters. The second-order valence-electron chi connectivity index (χ2n) is 6.20. The van der Waals surface area contributed by atoms with Crippen LogP contribution < -0.4 is 16.4 Å². The molecule has 0 aliphatic rings. The van der Waals surface area contributed by atoms with Crippen molar-refractivity contribution in [1.82, 2.24) is 15.6 Å². The summed E-state index contributed by atoms with van der Waals surface area (Å²) < 4.78 is 0. The number of unbranched alkanes of at least 4 members (excludes halogenated alkanes) is 1. The second-order valence-corrected chi connectivity index (χ2v) is 6.20. The molecule has 26 heavy (non-hydrogen) atoms. The first kappa shape index (κ1) is 19.6. The number of amides is 2. The van der Waals surface area contributed by atoms with Gasteiger partial charge in [0, 0.05) is 31.8 Å². The minimum atomic E-state index is -0.672. The van der Waals surface area contributed by atoms with Crippen LogP contribution in [0, 0.1) is 0 Å². The lowest BCUT2D eigenvalue weighted by atomic mass is 10.1. The van der Waals surface area contributed by atoms with Crippen LogP contribution in [0.25, 0.3) is 0 Å². The van der Waals surface area contributed by atoms with E-state index in [1.165, 1.54) is 5.56 Å². The highest BCUT2D eigenvalue weighted by molar-refractivity contribution is 5.86. The molecule has 1 aromatic carbocycles. The summed E-state index contributed by atoms with van der Waals surface area (Å²) in [6.45, 7) is 1.62. The molecule has 0 aliphatic heterocycles. The minimum absolute atomic E-state index is 0.140. The van der Waals surface area contributed by atoms with Crippen LogP contribution in [-0.4, -0.2) is 29.4 Å². The standard InChI is InChI=1S/C20H26N4O2/c21-20(26)18(14-16-6-2-1-3-7-16)24-19(25)8-4-5-11-23-15-17-9-12-22-13-10-17/h1-3,6-7,9-10,12-13,18,23H,4-5,8,11,14-15H2,(H2,21,26)(H,24,25)/t18-/m0/s1. The molecule has 6 heteroatoms. The molecule has 1 heterocycles. The lowest BCUT2D eigenvalue weighted by molar-refractivity contribution is -0.127. The van der Waals surface area contributed by atoms with E-state index in [-0.39, 0.29) is 5.91 Å². The van der Waals surface area contributed by atoms with Gasteiger partial charge in [-0.15, -0.1) is 0 Å². The van der Waals surface area contributed by atoms with Crippen LogP contribution in [0.4, 0.5) is 0 Å². The third kappa shape index (κ3) is 7.44. The van der Waals surface area contributed by atoms with Crippen molar-refractivity contribution in [2.24, 2.45) is 5.73 Å². The summed E-state index contributed by atoms with van der Waals surface area (Å²) in [5.74, 6) is -0.653. The van der Waals surface area contributed by atoms with Crippen LogP contribution in [0.5, 0.6) is 0 Å². The Bertz CT molecular complexity index is 677. The number of pyridine rings is 1. The largest absolute Gasteiger partial charge is 0.368 e. The van der Waals surface area contributed by atoms with Gasteiger partial charge in [0.05, 0.1) is 0 Å². The molecule has 2 amide bonds.